The number of aromatic nitrogens is 2. The van der Waals surface area contributed by atoms with Gasteiger partial charge in [0.05, 0.1) is 39.0 Å². The molecule has 5 nitrogen and oxygen atoms in total. The zero-order chi connectivity index (χ0) is 21.8. The van der Waals surface area contributed by atoms with Crippen LogP contribution in [-0.4, -0.2) is 43.3 Å². The van der Waals surface area contributed by atoms with E-state index in [1.807, 2.05) is 23.1 Å². The van der Waals surface area contributed by atoms with E-state index in [-0.39, 0.29) is 11.6 Å². The Morgan fingerprint density at radius 3 is 2.32 bits per heavy atom. The van der Waals surface area contributed by atoms with Crippen LogP contribution in [-0.2, 0) is 12.7 Å². The summed E-state index contributed by atoms with van der Waals surface area (Å²) in [7, 11) is 1.49. The molecule has 1 N–H and O–H groups in total. The van der Waals surface area contributed by atoms with Gasteiger partial charge in [-0.25, -0.2) is 9.97 Å². The van der Waals surface area contributed by atoms with E-state index >= 15 is 0 Å². The summed E-state index contributed by atoms with van der Waals surface area (Å²) in [5.74, 6) is 0.576. The van der Waals surface area contributed by atoms with Crippen molar-refractivity contribution in [1.82, 2.24) is 9.97 Å². The Hall–Kier alpha value is -3.13. The molecule has 2 heterocycles. The van der Waals surface area contributed by atoms with Gasteiger partial charge in [-0.3, -0.25) is 0 Å². The first-order chi connectivity index (χ1) is 14.9. The van der Waals surface area contributed by atoms with Crippen LogP contribution in [0.4, 0.5) is 19.1 Å². The van der Waals surface area contributed by atoms with Gasteiger partial charge in [-0.2, -0.15) is 13.2 Å². The van der Waals surface area contributed by atoms with Crippen LogP contribution in [0, 0.1) is 0 Å². The molecule has 0 amide bonds. The number of nitrogens with one attached hydrogen (secondary N) is 1. The highest BCUT2D eigenvalue weighted by molar-refractivity contribution is 5.68. The van der Waals surface area contributed by atoms with E-state index in [4.69, 9.17) is 4.74 Å². The molecular formula is C23H24F3N4O+. The first-order valence-corrected chi connectivity index (χ1v) is 10.2. The summed E-state index contributed by atoms with van der Waals surface area (Å²) in [6, 6.07) is 18.1. The van der Waals surface area contributed by atoms with Crippen molar-refractivity contribution < 1.29 is 22.8 Å². The second kappa shape index (κ2) is 8.93. The van der Waals surface area contributed by atoms with Crippen LogP contribution in [0.1, 0.15) is 11.3 Å². The van der Waals surface area contributed by atoms with Gasteiger partial charge in [-0.15, -0.1) is 0 Å². The van der Waals surface area contributed by atoms with Crippen molar-refractivity contribution in [1.29, 1.82) is 0 Å². The maximum atomic E-state index is 13.6. The molecule has 0 unspecified atom stereocenters. The summed E-state index contributed by atoms with van der Waals surface area (Å²) in [6.45, 7) is 3.69. The van der Waals surface area contributed by atoms with Crippen molar-refractivity contribution in [2.24, 2.45) is 0 Å². The number of rotatable bonds is 5. The number of hydrogen-bond donors (Lipinski definition) is 1. The van der Waals surface area contributed by atoms with Crippen molar-refractivity contribution in [3.05, 3.63) is 71.9 Å². The molecule has 31 heavy (non-hydrogen) atoms. The van der Waals surface area contributed by atoms with Crippen LogP contribution in [0.15, 0.2) is 60.7 Å². The Morgan fingerprint density at radius 2 is 1.65 bits per heavy atom. The largest absolute Gasteiger partial charge is 0.496 e. The summed E-state index contributed by atoms with van der Waals surface area (Å²) in [5, 5.41) is 0. The van der Waals surface area contributed by atoms with Crippen LogP contribution in [0.2, 0.25) is 0 Å². The number of halogens is 3. The SMILES string of the molecule is COc1ccccc1-c1cc(C(F)(F)F)nc(N2CC[NH+](Cc3ccccc3)CC2)n1. The fraction of sp³-hybridized carbons (Fsp3) is 0.304. The topological polar surface area (TPSA) is 42.7 Å². The van der Waals surface area contributed by atoms with Gasteiger partial charge >= 0.3 is 6.18 Å². The zero-order valence-corrected chi connectivity index (χ0v) is 17.2. The van der Waals surface area contributed by atoms with Gasteiger partial charge in [0, 0.05) is 11.1 Å². The Balaban J connectivity index is 1.58. The minimum Gasteiger partial charge on any atom is -0.496 e. The Kier molecular flexibility index (Phi) is 6.08. The van der Waals surface area contributed by atoms with E-state index in [2.05, 4.69) is 22.1 Å². The molecule has 1 fully saturated rings. The Labute approximate surface area is 179 Å². The number of quaternary nitrogens is 1. The van der Waals surface area contributed by atoms with Crippen molar-refractivity contribution in [3.63, 3.8) is 0 Å². The maximum absolute atomic E-state index is 13.6. The van der Waals surface area contributed by atoms with Crippen molar-refractivity contribution in [2.45, 2.75) is 12.7 Å². The van der Waals surface area contributed by atoms with Gasteiger partial charge < -0.3 is 14.5 Å². The van der Waals surface area contributed by atoms with E-state index < -0.39 is 11.9 Å². The van der Waals surface area contributed by atoms with Gasteiger partial charge in [-0.1, -0.05) is 42.5 Å². The van der Waals surface area contributed by atoms with Crippen LogP contribution >= 0.6 is 0 Å². The zero-order valence-electron chi connectivity index (χ0n) is 17.2. The third-order valence-corrected chi connectivity index (χ3v) is 5.44. The second-order valence-electron chi connectivity index (χ2n) is 7.54. The van der Waals surface area contributed by atoms with E-state index in [1.54, 1.807) is 24.3 Å². The molecule has 0 radical (unpaired) electrons. The molecule has 0 spiro atoms. The summed E-state index contributed by atoms with van der Waals surface area (Å²) in [4.78, 5) is 11.6. The fourth-order valence-corrected chi connectivity index (χ4v) is 3.80. The lowest BCUT2D eigenvalue weighted by Crippen LogP contribution is -3.13. The van der Waals surface area contributed by atoms with Crippen molar-refractivity contribution in [2.75, 3.05) is 38.2 Å². The average molecular weight is 429 g/mol. The summed E-state index contributed by atoms with van der Waals surface area (Å²) in [5.41, 5.74) is 1.01. The smallest absolute Gasteiger partial charge is 0.433 e. The molecule has 1 saturated heterocycles. The third kappa shape index (κ3) is 4.96. The molecule has 0 atom stereocenters. The number of anilines is 1. The first-order valence-electron chi connectivity index (χ1n) is 10.2. The van der Waals surface area contributed by atoms with E-state index in [1.165, 1.54) is 17.6 Å². The quantitative estimate of drug-likeness (QED) is 0.677. The van der Waals surface area contributed by atoms with Gasteiger partial charge in [0.15, 0.2) is 5.69 Å². The number of methoxy groups -OCH3 is 1. The minimum atomic E-state index is -4.56. The van der Waals surface area contributed by atoms with Gasteiger partial charge in [0.2, 0.25) is 5.95 Å². The van der Waals surface area contributed by atoms with Crippen molar-refractivity contribution >= 4 is 5.95 Å². The number of nitrogens with zero attached hydrogens (tertiary/aromatic N) is 3. The minimum absolute atomic E-state index is 0.106. The number of alkyl halides is 3. The molecule has 2 aromatic carbocycles. The predicted octanol–water partition coefficient (Wildman–Crippen LogP) is 3.08. The highest BCUT2D eigenvalue weighted by Gasteiger charge is 2.35. The molecule has 8 heteroatoms. The molecule has 0 aliphatic carbocycles. The number of para-hydroxylation sites is 1. The number of benzene rings is 2. The lowest BCUT2D eigenvalue weighted by molar-refractivity contribution is -0.914. The monoisotopic (exact) mass is 429 g/mol. The van der Waals surface area contributed by atoms with Gasteiger partial charge in [-0.05, 0) is 18.2 Å². The standard InChI is InChI=1S/C23H23F3N4O/c1-31-20-10-6-5-9-18(20)19-15-21(23(24,25)26)28-22(27-19)30-13-11-29(12-14-30)16-17-7-3-2-4-8-17/h2-10,15H,11-14,16H2,1H3/p+1. The molecule has 1 aliphatic rings. The summed E-state index contributed by atoms with van der Waals surface area (Å²) in [6.07, 6.45) is -4.56. The number of ether oxygens (including phenoxy) is 1. The Bertz CT molecular complexity index is 1020. The van der Waals surface area contributed by atoms with Crippen LogP contribution in [0.25, 0.3) is 11.3 Å². The predicted molar refractivity (Wildman–Crippen MR) is 112 cm³/mol. The first kappa shape index (κ1) is 21.1. The highest BCUT2D eigenvalue weighted by Crippen LogP contribution is 2.34. The highest BCUT2D eigenvalue weighted by atomic mass is 19.4. The van der Waals surface area contributed by atoms with Gasteiger partial charge in [0.1, 0.15) is 12.3 Å². The average Bonchev–Trinajstić information content (AvgIpc) is 2.79. The molecule has 0 bridgehead atoms. The van der Waals surface area contributed by atoms with E-state index in [0.29, 0.717) is 24.4 Å². The summed E-state index contributed by atoms with van der Waals surface area (Å²) < 4.78 is 46.0. The molecule has 0 saturated carbocycles. The lowest BCUT2D eigenvalue weighted by atomic mass is 10.1. The van der Waals surface area contributed by atoms with Gasteiger partial charge in [0.25, 0.3) is 0 Å². The molecule has 4 rings (SSSR count). The van der Waals surface area contributed by atoms with E-state index in [0.717, 1.165) is 25.7 Å². The van der Waals surface area contributed by atoms with Crippen molar-refractivity contribution in [3.8, 4) is 17.0 Å². The summed E-state index contributed by atoms with van der Waals surface area (Å²) >= 11 is 0. The second-order valence-corrected chi connectivity index (χ2v) is 7.54. The normalized spacial score (nSPS) is 15.2. The molecule has 1 aliphatic heterocycles. The number of hydrogen-bond acceptors (Lipinski definition) is 4. The Morgan fingerprint density at radius 1 is 0.968 bits per heavy atom. The fourth-order valence-electron chi connectivity index (χ4n) is 3.80. The van der Waals surface area contributed by atoms with E-state index in [9.17, 15) is 13.2 Å². The molecule has 1 aromatic heterocycles. The number of piperazine rings is 1. The lowest BCUT2D eigenvalue weighted by Gasteiger charge is -2.32. The molecule has 3 aromatic rings. The molecule has 162 valence electrons. The van der Waals surface area contributed by atoms with Crippen LogP contribution < -0.4 is 14.5 Å². The van der Waals surface area contributed by atoms with Crippen LogP contribution in [0.3, 0.4) is 0 Å². The molecular weight excluding hydrogens is 405 g/mol. The third-order valence-electron chi connectivity index (χ3n) is 5.44. The van der Waals surface area contributed by atoms with Crippen LogP contribution in [0.5, 0.6) is 5.75 Å². The maximum Gasteiger partial charge on any atom is 0.433 e.